The summed E-state index contributed by atoms with van der Waals surface area (Å²) in [5.41, 5.74) is 0. The third-order valence-electron chi connectivity index (χ3n) is 4.25. The number of piperazine rings is 1. The second kappa shape index (κ2) is 6.53. The molecule has 104 valence electrons. The molecule has 0 spiro atoms. The molecule has 4 nitrogen and oxygen atoms in total. The largest absolute Gasteiger partial charge is 0.465 e. The van der Waals surface area contributed by atoms with Gasteiger partial charge in [0.2, 0.25) is 0 Å². The number of fused-ring (bicyclic) bond motifs is 1. The molecule has 0 saturated carbocycles. The predicted molar refractivity (Wildman–Crippen MR) is 71.5 cm³/mol. The molecule has 18 heavy (non-hydrogen) atoms. The number of rotatable bonds is 4. The summed E-state index contributed by atoms with van der Waals surface area (Å²) in [5.74, 6) is -0.0377. The van der Waals surface area contributed by atoms with E-state index < -0.39 is 0 Å². The second-order valence-corrected chi connectivity index (χ2v) is 5.36. The molecule has 2 aliphatic heterocycles. The molecule has 0 amide bonds. The zero-order valence-corrected chi connectivity index (χ0v) is 11.7. The minimum Gasteiger partial charge on any atom is -0.465 e. The fraction of sp³-hybridized carbons (Fsp3) is 0.929. The Labute approximate surface area is 110 Å². The van der Waals surface area contributed by atoms with Crippen molar-refractivity contribution >= 4 is 5.97 Å². The van der Waals surface area contributed by atoms with Crippen molar-refractivity contribution in [2.24, 2.45) is 0 Å². The minimum atomic E-state index is -0.0377. The molecule has 0 N–H and O–H groups in total. The Bertz CT molecular complexity index is 283. The molecular formula is C14H26N2O2. The zero-order valence-electron chi connectivity index (χ0n) is 11.7. The number of piperidine rings is 1. The molecule has 2 heterocycles. The van der Waals surface area contributed by atoms with Crippen LogP contribution in [0.15, 0.2) is 0 Å². The first-order valence-corrected chi connectivity index (χ1v) is 7.41. The normalized spacial score (nSPS) is 27.6. The van der Waals surface area contributed by atoms with Crippen LogP contribution in [0.2, 0.25) is 0 Å². The molecule has 2 atom stereocenters. The number of hydrogen-bond donors (Lipinski definition) is 0. The minimum absolute atomic E-state index is 0.0333. The Kier molecular flexibility index (Phi) is 5.01. The van der Waals surface area contributed by atoms with Crippen LogP contribution < -0.4 is 0 Å². The number of nitrogens with zero attached hydrogens (tertiary/aromatic N) is 2. The predicted octanol–water partition coefficient (Wildman–Crippen LogP) is 1.50. The first-order valence-electron chi connectivity index (χ1n) is 7.41. The van der Waals surface area contributed by atoms with Crippen LogP contribution in [0.3, 0.4) is 0 Å². The Morgan fingerprint density at radius 3 is 2.83 bits per heavy atom. The number of carbonyl (C=O) groups is 1. The molecule has 2 fully saturated rings. The highest BCUT2D eigenvalue weighted by atomic mass is 16.5. The van der Waals surface area contributed by atoms with Gasteiger partial charge >= 0.3 is 5.97 Å². The van der Waals surface area contributed by atoms with Crippen molar-refractivity contribution in [2.75, 3.05) is 32.8 Å². The number of carbonyl (C=O) groups excluding carboxylic acids is 1. The molecule has 2 rings (SSSR count). The van der Waals surface area contributed by atoms with Crippen LogP contribution >= 0.6 is 0 Å². The number of ether oxygens (including phenoxy) is 1. The van der Waals surface area contributed by atoms with Gasteiger partial charge in [0, 0.05) is 25.7 Å². The van der Waals surface area contributed by atoms with Crippen molar-refractivity contribution in [3.8, 4) is 0 Å². The van der Waals surface area contributed by atoms with Gasteiger partial charge in [0.05, 0.1) is 6.61 Å². The van der Waals surface area contributed by atoms with Gasteiger partial charge in [0.25, 0.3) is 0 Å². The summed E-state index contributed by atoms with van der Waals surface area (Å²) in [6.07, 6.45) is 4.82. The van der Waals surface area contributed by atoms with E-state index in [2.05, 4.69) is 16.7 Å². The van der Waals surface area contributed by atoms with Gasteiger partial charge in [-0.2, -0.15) is 0 Å². The lowest BCUT2D eigenvalue weighted by molar-refractivity contribution is -0.151. The van der Waals surface area contributed by atoms with Gasteiger partial charge in [-0.3, -0.25) is 14.6 Å². The van der Waals surface area contributed by atoms with Gasteiger partial charge in [-0.1, -0.05) is 13.3 Å². The van der Waals surface area contributed by atoms with Gasteiger partial charge in [-0.25, -0.2) is 0 Å². The first kappa shape index (κ1) is 13.8. The summed E-state index contributed by atoms with van der Waals surface area (Å²) in [6, 6.07) is 0.630. The smallest absolute Gasteiger partial charge is 0.323 e. The van der Waals surface area contributed by atoms with Crippen LogP contribution in [0, 0.1) is 0 Å². The maximum absolute atomic E-state index is 12.0. The molecule has 0 bridgehead atoms. The first-order chi connectivity index (χ1) is 8.76. The monoisotopic (exact) mass is 254 g/mol. The zero-order chi connectivity index (χ0) is 13.0. The van der Waals surface area contributed by atoms with E-state index in [9.17, 15) is 4.79 Å². The van der Waals surface area contributed by atoms with Gasteiger partial charge in [0.1, 0.15) is 6.04 Å². The third kappa shape index (κ3) is 3.04. The standard InChI is InChI=1S/C14H26N2O2/c1-3-13(14(17)18-4-2)16-10-9-15-8-6-5-7-12(15)11-16/h12-13H,3-11H2,1-2H3. The van der Waals surface area contributed by atoms with E-state index in [0.29, 0.717) is 12.6 Å². The molecule has 0 radical (unpaired) electrons. The highest BCUT2D eigenvalue weighted by Gasteiger charge is 2.34. The highest BCUT2D eigenvalue weighted by Crippen LogP contribution is 2.23. The maximum Gasteiger partial charge on any atom is 0.323 e. The van der Waals surface area contributed by atoms with Gasteiger partial charge in [0.15, 0.2) is 0 Å². The Balaban J connectivity index is 1.93. The Morgan fingerprint density at radius 1 is 1.28 bits per heavy atom. The lowest BCUT2D eigenvalue weighted by atomic mass is 9.98. The van der Waals surface area contributed by atoms with Crippen LogP contribution in [0.25, 0.3) is 0 Å². The molecule has 0 aromatic rings. The summed E-state index contributed by atoms with van der Waals surface area (Å²) in [4.78, 5) is 16.9. The fourth-order valence-corrected chi connectivity index (χ4v) is 3.28. The Morgan fingerprint density at radius 2 is 2.11 bits per heavy atom. The second-order valence-electron chi connectivity index (χ2n) is 5.36. The van der Waals surface area contributed by atoms with Crippen molar-refractivity contribution in [1.82, 2.24) is 9.80 Å². The molecule has 4 heteroatoms. The molecule has 2 aliphatic rings. The lowest BCUT2D eigenvalue weighted by Crippen LogP contribution is -2.58. The maximum atomic E-state index is 12.0. The average Bonchev–Trinajstić information content (AvgIpc) is 2.40. The van der Waals surface area contributed by atoms with E-state index >= 15 is 0 Å². The summed E-state index contributed by atoms with van der Waals surface area (Å²) >= 11 is 0. The number of esters is 1. The average molecular weight is 254 g/mol. The summed E-state index contributed by atoms with van der Waals surface area (Å²) in [5, 5.41) is 0. The molecule has 0 aromatic heterocycles. The van der Waals surface area contributed by atoms with Gasteiger partial charge < -0.3 is 4.74 Å². The van der Waals surface area contributed by atoms with Crippen molar-refractivity contribution in [3.05, 3.63) is 0 Å². The summed E-state index contributed by atoms with van der Waals surface area (Å²) in [6.45, 7) is 8.84. The number of hydrogen-bond acceptors (Lipinski definition) is 4. The van der Waals surface area contributed by atoms with Crippen LogP contribution in [0.5, 0.6) is 0 Å². The Hall–Kier alpha value is -0.610. The molecule has 0 aromatic carbocycles. The molecular weight excluding hydrogens is 228 g/mol. The van der Waals surface area contributed by atoms with E-state index in [1.165, 1.54) is 25.8 Å². The quantitative estimate of drug-likeness (QED) is 0.712. The van der Waals surface area contributed by atoms with Crippen LogP contribution in [-0.2, 0) is 9.53 Å². The van der Waals surface area contributed by atoms with Gasteiger partial charge in [-0.05, 0) is 32.7 Å². The van der Waals surface area contributed by atoms with Crippen LogP contribution in [0.4, 0.5) is 0 Å². The van der Waals surface area contributed by atoms with E-state index in [-0.39, 0.29) is 12.0 Å². The van der Waals surface area contributed by atoms with E-state index in [1.807, 2.05) is 6.92 Å². The third-order valence-corrected chi connectivity index (χ3v) is 4.25. The highest BCUT2D eigenvalue weighted by molar-refractivity contribution is 5.75. The van der Waals surface area contributed by atoms with Crippen LogP contribution in [0.1, 0.15) is 39.5 Å². The molecule has 2 saturated heterocycles. The van der Waals surface area contributed by atoms with E-state index in [1.54, 1.807) is 0 Å². The van der Waals surface area contributed by atoms with Crippen LogP contribution in [-0.4, -0.2) is 60.6 Å². The van der Waals surface area contributed by atoms with Crippen molar-refractivity contribution < 1.29 is 9.53 Å². The SMILES string of the molecule is CCOC(=O)C(CC)N1CCN2CCCCC2C1. The van der Waals surface area contributed by atoms with Crippen molar-refractivity contribution in [2.45, 2.75) is 51.6 Å². The fourth-order valence-electron chi connectivity index (χ4n) is 3.28. The molecule has 2 unspecified atom stereocenters. The summed E-state index contributed by atoms with van der Waals surface area (Å²) in [7, 11) is 0. The lowest BCUT2D eigenvalue weighted by Gasteiger charge is -2.45. The molecule has 0 aliphatic carbocycles. The summed E-state index contributed by atoms with van der Waals surface area (Å²) < 4.78 is 5.19. The van der Waals surface area contributed by atoms with Gasteiger partial charge in [-0.15, -0.1) is 0 Å². The van der Waals surface area contributed by atoms with Crippen molar-refractivity contribution in [3.63, 3.8) is 0 Å². The topological polar surface area (TPSA) is 32.8 Å². The van der Waals surface area contributed by atoms with E-state index in [4.69, 9.17) is 4.74 Å². The van der Waals surface area contributed by atoms with E-state index in [0.717, 1.165) is 26.1 Å². The van der Waals surface area contributed by atoms with Crippen molar-refractivity contribution in [1.29, 1.82) is 0 Å².